The van der Waals surface area contributed by atoms with Crippen LogP contribution < -0.4 is 0 Å². The number of carbonyl (C=O) groups excluding carboxylic acids is 1. The molecule has 0 aliphatic heterocycles. The predicted molar refractivity (Wildman–Crippen MR) is 85.7 cm³/mol. The van der Waals surface area contributed by atoms with E-state index in [-0.39, 0.29) is 5.91 Å². The van der Waals surface area contributed by atoms with Crippen molar-refractivity contribution in [2.24, 2.45) is 0 Å². The Morgan fingerprint density at radius 3 is 2.77 bits per heavy atom. The number of imidazole rings is 1. The summed E-state index contributed by atoms with van der Waals surface area (Å²) in [5.74, 6) is 0.869. The highest BCUT2D eigenvalue weighted by atomic mass is 16.2. The lowest BCUT2D eigenvalue weighted by Crippen LogP contribution is -2.28. The third kappa shape index (κ3) is 2.98. The number of hydrogen-bond acceptors (Lipinski definition) is 3. The zero-order valence-electron chi connectivity index (χ0n) is 12.7. The van der Waals surface area contributed by atoms with Gasteiger partial charge in [0.15, 0.2) is 0 Å². The molecular formula is C17H18N4O. The van der Waals surface area contributed by atoms with Crippen LogP contribution in [0.2, 0.25) is 0 Å². The molecule has 0 unspecified atom stereocenters. The molecule has 1 aromatic carbocycles. The van der Waals surface area contributed by atoms with E-state index in [4.69, 9.17) is 0 Å². The molecule has 0 spiro atoms. The summed E-state index contributed by atoms with van der Waals surface area (Å²) in [7, 11) is 1.83. The summed E-state index contributed by atoms with van der Waals surface area (Å²) in [6.45, 7) is 2.57. The molecule has 0 fully saturated rings. The van der Waals surface area contributed by atoms with Crippen LogP contribution in [0.3, 0.4) is 0 Å². The van der Waals surface area contributed by atoms with Crippen LogP contribution in [0.5, 0.6) is 0 Å². The van der Waals surface area contributed by atoms with Gasteiger partial charge < -0.3 is 9.88 Å². The van der Waals surface area contributed by atoms with Gasteiger partial charge in [-0.25, -0.2) is 4.98 Å². The minimum absolute atomic E-state index is 0.0169. The first-order valence-electron chi connectivity index (χ1n) is 7.24. The third-order valence-corrected chi connectivity index (χ3v) is 3.68. The number of aryl methyl sites for hydroxylation is 1. The summed E-state index contributed by atoms with van der Waals surface area (Å²) in [6.07, 6.45) is 4.35. The minimum atomic E-state index is 0.0169. The van der Waals surface area contributed by atoms with Crippen molar-refractivity contribution >= 4 is 16.9 Å². The van der Waals surface area contributed by atoms with Crippen LogP contribution in [0.4, 0.5) is 0 Å². The monoisotopic (exact) mass is 294 g/mol. The number of aromatic nitrogens is 3. The first-order chi connectivity index (χ1) is 10.6. The first-order valence-corrected chi connectivity index (χ1v) is 7.24. The Kier molecular flexibility index (Phi) is 3.87. The number of rotatable bonds is 4. The van der Waals surface area contributed by atoms with E-state index in [9.17, 15) is 4.79 Å². The fourth-order valence-electron chi connectivity index (χ4n) is 2.44. The van der Waals surface area contributed by atoms with Crippen molar-refractivity contribution in [3.8, 4) is 0 Å². The molecule has 0 atom stereocenters. The molecule has 0 aliphatic carbocycles. The van der Waals surface area contributed by atoms with E-state index in [0.717, 1.165) is 23.3 Å². The standard InChI is InChI=1S/C17H18N4O/c1-12-19-15-4-3-14(11-16(15)20-12)17(22)21(2)10-7-13-5-8-18-9-6-13/h3-6,8-9,11H,7,10H2,1-2H3,(H,19,20). The molecule has 0 bridgehead atoms. The molecular weight excluding hydrogens is 276 g/mol. The molecule has 1 N–H and O–H groups in total. The van der Waals surface area contributed by atoms with E-state index in [1.54, 1.807) is 17.3 Å². The molecule has 0 saturated carbocycles. The lowest BCUT2D eigenvalue weighted by Gasteiger charge is -2.17. The number of likely N-dealkylation sites (N-methyl/N-ethyl adjacent to an activating group) is 1. The summed E-state index contributed by atoms with van der Waals surface area (Å²) in [5, 5.41) is 0. The van der Waals surface area contributed by atoms with Gasteiger partial charge in [0.05, 0.1) is 11.0 Å². The highest BCUT2D eigenvalue weighted by Crippen LogP contribution is 2.15. The second-order valence-electron chi connectivity index (χ2n) is 5.39. The van der Waals surface area contributed by atoms with E-state index in [0.29, 0.717) is 12.1 Å². The number of H-pyrrole nitrogens is 1. The van der Waals surface area contributed by atoms with Crippen LogP contribution in [0.15, 0.2) is 42.7 Å². The lowest BCUT2D eigenvalue weighted by atomic mass is 10.1. The molecule has 3 aromatic rings. The van der Waals surface area contributed by atoms with Gasteiger partial charge >= 0.3 is 0 Å². The second-order valence-corrected chi connectivity index (χ2v) is 5.39. The second kappa shape index (κ2) is 5.97. The van der Waals surface area contributed by atoms with Crippen LogP contribution in [-0.2, 0) is 6.42 Å². The van der Waals surface area contributed by atoms with Crippen molar-refractivity contribution in [1.82, 2.24) is 19.9 Å². The zero-order valence-corrected chi connectivity index (χ0v) is 12.7. The van der Waals surface area contributed by atoms with E-state index < -0.39 is 0 Å². The van der Waals surface area contributed by atoms with Gasteiger partial charge in [-0.15, -0.1) is 0 Å². The van der Waals surface area contributed by atoms with Crippen LogP contribution in [0, 0.1) is 6.92 Å². The number of nitrogens with zero attached hydrogens (tertiary/aromatic N) is 3. The van der Waals surface area contributed by atoms with Crippen molar-refractivity contribution in [3.05, 3.63) is 59.7 Å². The van der Waals surface area contributed by atoms with Crippen LogP contribution in [0.1, 0.15) is 21.7 Å². The third-order valence-electron chi connectivity index (χ3n) is 3.68. The summed E-state index contributed by atoms with van der Waals surface area (Å²) in [6, 6.07) is 9.51. The molecule has 0 aliphatic rings. The quantitative estimate of drug-likeness (QED) is 0.804. The minimum Gasteiger partial charge on any atom is -0.342 e. The lowest BCUT2D eigenvalue weighted by molar-refractivity contribution is 0.0797. The topological polar surface area (TPSA) is 61.9 Å². The SMILES string of the molecule is Cc1nc2ccc(C(=O)N(C)CCc3ccncc3)cc2[nH]1. The normalized spacial score (nSPS) is 10.8. The number of fused-ring (bicyclic) bond motifs is 1. The number of benzene rings is 1. The Morgan fingerprint density at radius 2 is 2.00 bits per heavy atom. The van der Waals surface area contributed by atoms with Crippen LogP contribution in [0.25, 0.3) is 11.0 Å². The van der Waals surface area contributed by atoms with Gasteiger partial charge in [0.2, 0.25) is 0 Å². The van der Waals surface area contributed by atoms with E-state index >= 15 is 0 Å². The number of hydrogen-bond donors (Lipinski definition) is 1. The molecule has 5 heteroatoms. The fraction of sp³-hybridized carbons (Fsp3) is 0.235. The van der Waals surface area contributed by atoms with Crippen molar-refractivity contribution in [3.63, 3.8) is 0 Å². The van der Waals surface area contributed by atoms with Crippen molar-refractivity contribution in [2.75, 3.05) is 13.6 Å². The van der Waals surface area contributed by atoms with Gasteiger partial charge in [-0.2, -0.15) is 0 Å². The Labute approximate surface area is 129 Å². The summed E-state index contributed by atoms with van der Waals surface area (Å²) in [4.78, 5) is 25.7. The molecule has 2 aromatic heterocycles. The number of aromatic amines is 1. The Morgan fingerprint density at radius 1 is 1.23 bits per heavy atom. The average Bonchev–Trinajstić information content (AvgIpc) is 2.92. The van der Waals surface area contributed by atoms with Gasteiger partial charge in [-0.05, 0) is 49.2 Å². The molecule has 22 heavy (non-hydrogen) atoms. The Balaban J connectivity index is 1.71. The molecule has 112 valence electrons. The molecule has 0 saturated heterocycles. The number of carbonyl (C=O) groups is 1. The number of nitrogens with one attached hydrogen (secondary N) is 1. The summed E-state index contributed by atoms with van der Waals surface area (Å²) in [5.41, 5.74) is 3.63. The highest BCUT2D eigenvalue weighted by molar-refractivity contribution is 5.97. The smallest absolute Gasteiger partial charge is 0.253 e. The molecule has 5 nitrogen and oxygen atoms in total. The van der Waals surface area contributed by atoms with E-state index in [1.165, 1.54) is 5.56 Å². The Hall–Kier alpha value is -2.69. The number of amides is 1. The highest BCUT2D eigenvalue weighted by Gasteiger charge is 2.13. The van der Waals surface area contributed by atoms with Crippen LogP contribution in [-0.4, -0.2) is 39.4 Å². The molecule has 2 heterocycles. The maximum atomic E-state index is 12.5. The van der Waals surface area contributed by atoms with Crippen molar-refractivity contribution in [1.29, 1.82) is 0 Å². The fourth-order valence-corrected chi connectivity index (χ4v) is 2.44. The van der Waals surface area contributed by atoms with Gasteiger partial charge in [-0.3, -0.25) is 9.78 Å². The van der Waals surface area contributed by atoms with Crippen molar-refractivity contribution < 1.29 is 4.79 Å². The van der Waals surface area contributed by atoms with Gasteiger partial charge in [0.1, 0.15) is 5.82 Å². The average molecular weight is 294 g/mol. The summed E-state index contributed by atoms with van der Waals surface area (Å²) >= 11 is 0. The molecule has 1 amide bonds. The van der Waals surface area contributed by atoms with Gasteiger partial charge in [-0.1, -0.05) is 0 Å². The van der Waals surface area contributed by atoms with E-state index in [2.05, 4.69) is 15.0 Å². The number of pyridine rings is 1. The summed E-state index contributed by atoms with van der Waals surface area (Å²) < 4.78 is 0. The maximum absolute atomic E-state index is 12.5. The molecule has 0 radical (unpaired) electrons. The predicted octanol–water partition coefficient (Wildman–Crippen LogP) is 2.58. The Bertz CT molecular complexity index is 795. The van der Waals surface area contributed by atoms with Crippen molar-refractivity contribution in [2.45, 2.75) is 13.3 Å². The zero-order chi connectivity index (χ0) is 15.5. The largest absolute Gasteiger partial charge is 0.342 e. The van der Waals surface area contributed by atoms with Gasteiger partial charge in [0.25, 0.3) is 5.91 Å². The molecule has 3 rings (SSSR count). The van der Waals surface area contributed by atoms with Crippen LogP contribution >= 0.6 is 0 Å². The first kappa shape index (κ1) is 14.3. The van der Waals surface area contributed by atoms with E-state index in [1.807, 2.05) is 44.3 Å². The maximum Gasteiger partial charge on any atom is 0.253 e. The van der Waals surface area contributed by atoms with Gasteiger partial charge in [0, 0.05) is 31.5 Å².